The van der Waals surface area contributed by atoms with E-state index in [-0.39, 0.29) is 22.6 Å². The third kappa shape index (κ3) is 3.93. The first-order chi connectivity index (χ1) is 20.9. The van der Waals surface area contributed by atoms with Crippen LogP contribution in [0.5, 0.6) is 0 Å². The summed E-state index contributed by atoms with van der Waals surface area (Å²) in [6.07, 6.45) is 3.71. The summed E-state index contributed by atoms with van der Waals surface area (Å²) in [6, 6.07) is 36.5. The molecule has 0 aliphatic heterocycles. The molecule has 43 heavy (non-hydrogen) atoms. The van der Waals surface area contributed by atoms with Gasteiger partial charge < -0.3 is 4.90 Å². The quantitative estimate of drug-likeness (QED) is 0.155. The van der Waals surface area contributed by atoms with Gasteiger partial charge in [0.05, 0.1) is 28.0 Å². The molecule has 0 atom stereocenters. The number of fused-ring (bicyclic) bond motifs is 5. The highest BCUT2D eigenvalue weighted by Gasteiger charge is 2.40. The normalized spacial score (nSPS) is 14.5. The Bertz CT molecular complexity index is 2050. The zero-order valence-corrected chi connectivity index (χ0v) is 24.5. The molecule has 0 spiro atoms. The molecule has 0 unspecified atom stereocenters. The molecule has 206 valence electrons. The molecule has 2 aliphatic carbocycles. The molecule has 0 saturated carbocycles. The summed E-state index contributed by atoms with van der Waals surface area (Å²) in [6.45, 7) is 4.44. The lowest BCUT2D eigenvalue weighted by atomic mass is 9.83. The third-order valence-electron chi connectivity index (χ3n) is 8.62. The maximum atomic E-state index is 13.4. The van der Waals surface area contributed by atoms with Gasteiger partial charge in [0.2, 0.25) is 0 Å². The lowest BCUT2D eigenvalue weighted by Gasteiger charge is -2.27. The van der Waals surface area contributed by atoms with Crippen LogP contribution in [0, 0.1) is 0 Å². The van der Waals surface area contributed by atoms with Gasteiger partial charge in [-0.15, -0.1) is 11.3 Å². The van der Waals surface area contributed by atoms with Crippen molar-refractivity contribution in [1.82, 2.24) is 4.98 Å². The molecule has 0 amide bonds. The smallest absolute Gasteiger partial charge is 0.197 e. The Balaban J connectivity index is 1.19. The minimum atomic E-state index is -0.301. The van der Waals surface area contributed by atoms with E-state index in [0.29, 0.717) is 11.1 Å². The maximum Gasteiger partial charge on any atom is 0.197 e. The molecule has 4 nitrogen and oxygen atoms in total. The van der Waals surface area contributed by atoms with Gasteiger partial charge in [-0.3, -0.25) is 14.6 Å². The number of nitrogens with zero attached hydrogens (tertiary/aromatic N) is 2. The third-order valence-corrected chi connectivity index (χ3v) is 9.71. The molecule has 4 aromatic carbocycles. The number of hydrogen-bond acceptors (Lipinski definition) is 5. The summed E-state index contributed by atoms with van der Waals surface area (Å²) in [5.41, 5.74) is 7.31. The predicted octanol–water partition coefficient (Wildman–Crippen LogP) is 9.53. The molecule has 6 aromatic rings. The monoisotopic (exact) mass is 574 g/mol. The summed E-state index contributed by atoms with van der Waals surface area (Å²) < 4.78 is 0. The first-order valence-corrected chi connectivity index (χ1v) is 15.1. The van der Waals surface area contributed by atoms with E-state index in [1.165, 1.54) is 0 Å². The number of Topliss-reactive ketones (excluding diaryl/α,β-unsaturated/α-hetero) is 2. The van der Waals surface area contributed by atoms with Crippen LogP contribution in [-0.4, -0.2) is 16.6 Å². The van der Waals surface area contributed by atoms with Gasteiger partial charge in [0.25, 0.3) is 0 Å². The van der Waals surface area contributed by atoms with Gasteiger partial charge in [-0.25, -0.2) is 0 Å². The average Bonchev–Trinajstić information content (AvgIpc) is 3.63. The van der Waals surface area contributed by atoms with E-state index in [0.717, 1.165) is 54.4 Å². The molecule has 0 saturated heterocycles. The maximum absolute atomic E-state index is 13.4. The Morgan fingerprint density at radius 2 is 1.23 bits per heavy atom. The first-order valence-electron chi connectivity index (χ1n) is 14.3. The number of allylic oxidation sites excluding steroid dienone is 1. The number of rotatable bonds is 4. The number of thiophene rings is 1. The number of aromatic nitrogens is 1. The van der Waals surface area contributed by atoms with Crippen LogP contribution >= 0.6 is 11.3 Å². The molecule has 0 bridgehead atoms. The molecule has 5 heteroatoms. The van der Waals surface area contributed by atoms with E-state index in [1.807, 2.05) is 79.0 Å². The van der Waals surface area contributed by atoms with Crippen LogP contribution in [0.2, 0.25) is 0 Å². The summed E-state index contributed by atoms with van der Waals surface area (Å²) in [5, 5.41) is 1.92. The largest absolute Gasteiger partial charge is 0.309 e. The Morgan fingerprint density at radius 3 is 1.81 bits per heavy atom. The standard InChI is InChI=1S/C38H26N2O2S/c1-38(2)32-19-27(40(25-13-5-3-6-14-25)26-15-7-4-8-16-26)22-39-34(32)37-33(38)21-28(43-37)20-31-35(41)29-17-23-11-9-10-12-24(23)18-30(29)36(31)42/h3-22H,1-2H3. The highest BCUT2D eigenvalue weighted by Crippen LogP contribution is 2.53. The SMILES string of the molecule is CC1(C)c2cc(N(c3ccccc3)c3ccccc3)cnc2-c2sc(C=C3C(=O)c4cc5ccccc5cc4C3=O)cc21. The number of anilines is 3. The lowest BCUT2D eigenvalue weighted by Crippen LogP contribution is -2.16. The van der Waals surface area contributed by atoms with Crippen LogP contribution in [0.25, 0.3) is 27.4 Å². The van der Waals surface area contributed by atoms with Crippen LogP contribution in [0.15, 0.2) is 121 Å². The van der Waals surface area contributed by atoms with Crippen molar-refractivity contribution in [3.8, 4) is 10.6 Å². The predicted molar refractivity (Wildman–Crippen MR) is 175 cm³/mol. The van der Waals surface area contributed by atoms with Gasteiger partial charge in [0.1, 0.15) is 0 Å². The van der Waals surface area contributed by atoms with Crippen molar-refractivity contribution in [3.63, 3.8) is 0 Å². The van der Waals surface area contributed by atoms with E-state index < -0.39 is 0 Å². The molecule has 2 heterocycles. The number of carbonyl (C=O) groups is 2. The second kappa shape index (κ2) is 9.45. The van der Waals surface area contributed by atoms with Crippen LogP contribution in [0.4, 0.5) is 17.1 Å². The van der Waals surface area contributed by atoms with E-state index in [4.69, 9.17) is 4.98 Å². The summed E-state index contributed by atoms with van der Waals surface area (Å²) >= 11 is 1.59. The van der Waals surface area contributed by atoms with Crippen molar-refractivity contribution in [2.24, 2.45) is 0 Å². The van der Waals surface area contributed by atoms with Gasteiger partial charge in [-0.1, -0.05) is 74.5 Å². The summed E-state index contributed by atoms with van der Waals surface area (Å²) in [7, 11) is 0. The first kappa shape index (κ1) is 25.6. The minimum Gasteiger partial charge on any atom is -0.309 e. The Labute approximate surface area is 253 Å². The molecule has 2 aliphatic rings. The Morgan fingerprint density at radius 1 is 0.674 bits per heavy atom. The lowest BCUT2D eigenvalue weighted by molar-refractivity contribution is 0.0990. The topological polar surface area (TPSA) is 50.3 Å². The van der Waals surface area contributed by atoms with Gasteiger partial charge in [-0.2, -0.15) is 0 Å². The zero-order valence-electron chi connectivity index (χ0n) is 23.7. The number of pyridine rings is 1. The van der Waals surface area contributed by atoms with Crippen LogP contribution in [-0.2, 0) is 5.41 Å². The fraction of sp³-hybridized carbons (Fsp3) is 0.0789. The van der Waals surface area contributed by atoms with Crippen LogP contribution < -0.4 is 4.90 Å². The van der Waals surface area contributed by atoms with E-state index in [2.05, 4.69) is 55.1 Å². The summed E-state index contributed by atoms with van der Waals surface area (Å²) in [4.78, 5) is 36.0. The molecule has 0 N–H and O–H groups in total. The Hall–Kier alpha value is -5.13. The number of benzene rings is 4. The molecule has 0 radical (unpaired) electrons. The molecular formula is C38H26N2O2S. The molecule has 2 aromatic heterocycles. The Kier molecular flexibility index (Phi) is 5.62. The number of carbonyl (C=O) groups excluding carboxylic acids is 2. The molecular weight excluding hydrogens is 548 g/mol. The van der Waals surface area contributed by atoms with Crippen LogP contribution in [0.3, 0.4) is 0 Å². The fourth-order valence-corrected chi connectivity index (χ4v) is 7.66. The van der Waals surface area contributed by atoms with Crippen molar-refractivity contribution in [2.45, 2.75) is 19.3 Å². The number of hydrogen-bond donors (Lipinski definition) is 0. The van der Waals surface area contributed by atoms with E-state index in [9.17, 15) is 9.59 Å². The van der Waals surface area contributed by atoms with Gasteiger partial charge in [0, 0.05) is 32.8 Å². The molecule has 8 rings (SSSR count). The molecule has 0 fully saturated rings. The zero-order chi connectivity index (χ0) is 29.3. The number of ketones is 2. The fourth-order valence-electron chi connectivity index (χ4n) is 6.38. The average molecular weight is 575 g/mol. The number of para-hydroxylation sites is 2. The van der Waals surface area contributed by atoms with Gasteiger partial charge in [-0.05, 0) is 76.5 Å². The minimum absolute atomic E-state index is 0.205. The second-order valence-electron chi connectivity index (χ2n) is 11.6. The van der Waals surface area contributed by atoms with Crippen molar-refractivity contribution in [3.05, 3.63) is 148 Å². The van der Waals surface area contributed by atoms with Gasteiger partial charge >= 0.3 is 0 Å². The van der Waals surface area contributed by atoms with Crippen molar-refractivity contribution in [2.75, 3.05) is 4.90 Å². The van der Waals surface area contributed by atoms with E-state index in [1.54, 1.807) is 17.4 Å². The van der Waals surface area contributed by atoms with Crippen molar-refractivity contribution >= 4 is 56.8 Å². The van der Waals surface area contributed by atoms with E-state index >= 15 is 0 Å². The highest BCUT2D eigenvalue weighted by molar-refractivity contribution is 7.16. The van der Waals surface area contributed by atoms with Gasteiger partial charge in [0.15, 0.2) is 11.6 Å². The second-order valence-corrected chi connectivity index (χ2v) is 12.7. The highest BCUT2D eigenvalue weighted by atomic mass is 32.1. The summed E-state index contributed by atoms with van der Waals surface area (Å²) in [5.74, 6) is -0.410. The van der Waals surface area contributed by atoms with Crippen molar-refractivity contribution < 1.29 is 9.59 Å². The van der Waals surface area contributed by atoms with Crippen LogP contribution in [0.1, 0.15) is 50.6 Å². The van der Waals surface area contributed by atoms with Crippen molar-refractivity contribution in [1.29, 1.82) is 0 Å².